The first-order chi connectivity index (χ1) is 8.65. The molecule has 0 radical (unpaired) electrons. The predicted molar refractivity (Wildman–Crippen MR) is 71.4 cm³/mol. The van der Waals surface area contributed by atoms with Crippen LogP contribution in [0.4, 0.5) is 5.13 Å². The Morgan fingerprint density at radius 2 is 2.33 bits per heavy atom. The zero-order chi connectivity index (χ0) is 12.7. The average molecular weight is 266 g/mol. The number of carboxylic acid groups (broad SMARTS) is 1. The molecule has 1 aliphatic carbocycles. The topological polar surface area (TPSA) is 53.4 Å². The van der Waals surface area contributed by atoms with E-state index in [1.54, 1.807) is 11.3 Å². The van der Waals surface area contributed by atoms with Crippen LogP contribution in [0.3, 0.4) is 0 Å². The molecule has 2 aliphatic rings. The van der Waals surface area contributed by atoms with E-state index in [4.69, 9.17) is 0 Å². The summed E-state index contributed by atoms with van der Waals surface area (Å²) in [5.74, 6) is -0.373. The summed E-state index contributed by atoms with van der Waals surface area (Å²) in [6.45, 7) is 4.38. The highest BCUT2D eigenvalue weighted by Crippen LogP contribution is 2.39. The quantitative estimate of drug-likeness (QED) is 0.893. The smallest absolute Gasteiger partial charge is 0.312 e. The van der Waals surface area contributed by atoms with E-state index >= 15 is 0 Å². The van der Waals surface area contributed by atoms with Gasteiger partial charge in [-0.2, -0.15) is 0 Å². The SMILES string of the molecule is CC1CCN(c2nc3c(s2)CCCC3C(=O)O)C1. The molecule has 1 saturated heterocycles. The minimum atomic E-state index is -0.720. The van der Waals surface area contributed by atoms with Crippen molar-refractivity contribution in [3.8, 4) is 0 Å². The molecule has 1 N–H and O–H groups in total. The molecule has 1 aliphatic heterocycles. The third-order valence-corrected chi connectivity index (χ3v) is 5.13. The first-order valence-electron chi connectivity index (χ1n) is 6.62. The third-order valence-electron chi connectivity index (χ3n) is 3.94. The Morgan fingerprint density at radius 3 is 3.00 bits per heavy atom. The summed E-state index contributed by atoms with van der Waals surface area (Å²) in [5, 5.41) is 10.3. The lowest BCUT2D eigenvalue weighted by Crippen LogP contribution is -2.20. The number of rotatable bonds is 2. The van der Waals surface area contributed by atoms with Gasteiger partial charge in [0.25, 0.3) is 0 Å². The fraction of sp³-hybridized carbons (Fsp3) is 0.692. The molecule has 0 saturated carbocycles. The predicted octanol–water partition coefficient (Wildman–Crippen LogP) is 2.49. The molecule has 1 aromatic rings. The van der Waals surface area contributed by atoms with Gasteiger partial charge in [0.1, 0.15) is 5.92 Å². The highest BCUT2D eigenvalue weighted by Gasteiger charge is 2.31. The van der Waals surface area contributed by atoms with Gasteiger partial charge < -0.3 is 10.0 Å². The van der Waals surface area contributed by atoms with Crippen LogP contribution in [-0.4, -0.2) is 29.1 Å². The lowest BCUT2D eigenvalue weighted by Gasteiger charge is -2.16. The average Bonchev–Trinajstić information content (AvgIpc) is 2.93. The van der Waals surface area contributed by atoms with Crippen molar-refractivity contribution in [1.82, 2.24) is 4.98 Å². The van der Waals surface area contributed by atoms with Crippen LogP contribution in [0.25, 0.3) is 0 Å². The van der Waals surface area contributed by atoms with Gasteiger partial charge in [-0.1, -0.05) is 6.92 Å². The zero-order valence-corrected chi connectivity index (χ0v) is 11.4. The number of nitrogens with zero attached hydrogens (tertiary/aromatic N) is 2. The Bertz CT molecular complexity index is 472. The van der Waals surface area contributed by atoms with Crippen molar-refractivity contribution in [2.45, 2.75) is 38.5 Å². The number of anilines is 1. The van der Waals surface area contributed by atoms with Crippen molar-refractivity contribution >= 4 is 22.4 Å². The number of carbonyl (C=O) groups is 1. The number of carboxylic acids is 1. The maximum atomic E-state index is 11.3. The minimum absolute atomic E-state index is 0.376. The lowest BCUT2D eigenvalue weighted by molar-refractivity contribution is -0.139. The van der Waals surface area contributed by atoms with Crippen molar-refractivity contribution in [3.05, 3.63) is 10.6 Å². The molecule has 2 heterocycles. The summed E-state index contributed by atoms with van der Waals surface area (Å²) >= 11 is 1.71. The Morgan fingerprint density at radius 1 is 1.50 bits per heavy atom. The van der Waals surface area contributed by atoms with E-state index in [9.17, 15) is 9.90 Å². The maximum absolute atomic E-state index is 11.3. The van der Waals surface area contributed by atoms with E-state index in [2.05, 4.69) is 16.8 Å². The summed E-state index contributed by atoms with van der Waals surface area (Å²) in [7, 11) is 0. The van der Waals surface area contributed by atoms with Gasteiger partial charge in [0.15, 0.2) is 5.13 Å². The molecule has 0 bridgehead atoms. The Balaban J connectivity index is 1.89. The summed E-state index contributed by atoms with van der Waals surface area (Å²) in [5.41, 5.74) is 0.841. The summed E-state index contributed by atoms with van der Waals surface area (Å²) in [6.07, 6.45) is 3.93. The molecule has 0 aromatic carbocycles. The van der Waals surface area contributed by atoms with Crippen LogP contribution in [0.1, 0.15) is 42.7 Å². The first-order valence-corrected chi connectivity index (χ1v) is 7.44. The van der Waals surface area contributed by atoms with Crippen LogP contribution in [0, 0.1) is 5.92 Å². The van der Waals surface area contributed by atoms with E-state index in [1.807, 2.05) is 0 Å². The van der Waals surface area contributed by atoms with Gasteiger partial charge in [-0.15, -0.1) is 11.3 Å². The monoisotopic (exact) mass is 266 g/mol. The second-order valence-corrected chi connectivity index (χ2v) is 6.49. The number of hydrogen-bond donors (Lipinski definition) is 1. The van der Waals surface area contributed by atoms with Crippen molar-refractivity contribution in [3.63, 3.8) is 0 Å². The largest absolute Gasteiger partial charge is 0.481 e. The number of thiazole rings is 1. The number of aromatic nitrogens is 1. The standard InChI is InChI=1S/C13H18N2O2S/c1-8-5-6-15(7-8)13-14-11-9(12(16)17)3-2-4-10(11)18-13/h8-9H,2-7H2,1H3,(H,16,17). The molecule has 2 atom stereocenters. The van der Waals surface area contributed by atoms with E-state index in [-0.39, 0.29) is 5.92 Å². The number of aliphatic carboxylic acids is 1. The highest BCUT2D eigenvalue weighted by molar-refractivity contribution is 7.15. The van der Waals surface area contributed by atoms with Crippen LogP contribution in [0.2, 0.25) is 0 Å². The zero-order valence-electron chi connectivity index (χ0n) is 10.6. The molecule has 5 heteroatoms. The van der Waals surface area contributed by atoms with E-state index < -0.39 is 5.97 Å². The lowest BCUT2D eigenvalue weighted by atomic mass is 9.91. The minimum Gasteiger partial charge on any atom is -0.481 e. The van der Waals surface area contributed by atoms with E-state index in [0.29, 0.717) is 0 Å². The van der Waals surface area contributed by atoms with Crippen LogP contribution in [0.5, 0.6) is 0 Å². The second-order valence-electron chi connectivity index (χ2n) is 5.43. The molecular weight excluding hydrogens is 248 g/mol. The molecule has 1 aromatic heterocycles. The molecule has 98 valence electrons. The van der Waals surface area contributed by atoms with Crippen molar-refractivity contribution in [2.75, 3.05) is 18.0 Å². The molecule has 4 nitrogen and oxygen atoms in total. The number of hydrogen-bond acceptors (Lipinski definition) is 4. The van der Waals surface area contributed by atoms with Gasteiger partial charge in [0.2, 0.25) is 0 Å². The summed E-state index contributed by atoms with van der Waals surface area (Å²) in [4.78, 5) is 19.4. The Kier molecular flexibility index (Phi) is 3.01. The van der Waals surface area contributed by atoms with Crippen molar-refractivity contribution < 1.29 is 9.90 Å². The van der Waals surface area contributed by atoms with Crippen LogP contribution < -0.4 is 4.90 Å². The molecule has 3 rings (SSSR count). The molecular formula is C13H18N2O2S. The number of aryl methyl sites for hydroxylation is 1. The Labute approximate surface area is 111 Å². The van der Waals surface area contributed by atoms with Gasteiger partial charge in [-0.05, 0) is 31.6 Å². The van der Waals surface area contributed by atoms with Gasteiger partial charge >= 0.3 is 5.97 Å². The maximum Gasteiger partial charge on any atom is 0.312 e. The van der Waals surface area contributed by atoms with Gasteiger partial charge in [0, 0.05) is 18.0 Å². The molecule has 1 fully saturated rings. The van der Waals surface area contributed by atoms with Crippen LogP contribution in [0.15, 0.2) is 0 Å². The number of fused-ring (bicyclic) bond motifs is 1. The van der Waals surface area contributed by atoms with Crippen molar-refractivity contribution in [1.29, 1.82) is 0 Å². The van der Waals surface area contributed by atoms with Gasteiger partial charge in [-0.3, -0.25) is 4.79 Å². The van der Waals surface area contributed by atoms with Crippen LogP contribution in [-0.2, 0) is 11.2 Å². The van der Waals surface area contributed by atoms with E-state index in [1.165, 1.54) is 11.3 Å². The van der Waals surface area contributed by atoms with Crippen molar-refractivity contribution in [2.24, 2.45) is 5.92 Å². The molecule has 0 amide bonds. The fourth-order valence-electron chi connectivity index (χ4n) is 2.89. The third kappa shape index (κ3) is 2.00. The molecule has 0 spiro atoms. The normalized spacial score (nSPS) is 27.3. The Hall–Kier alpha value is -1.10. The van der Waals surface area contributed by atoms with Gasteiger partial charge in [-0.25, -0.2) is 4.98 Å². The molecule has 2 unspecified atom stereocenters. The molecule has 18 heavy (non-hydrogen) atoms. The van der Waals surface area contributed by atoms with Crippen LogP contribution >= 0.6 is 11.3 Å². The van der Waals surface area contributed by atoms with Gasteiger partial charge in [0.05, 0.1) is 5.69 Å². The summed E-state index contributed by atoms with van der Waals surface area (Å²) < 4.78 is 0. The van der Waals surface area contributed by atoms with E-state index in [0.717, 1.165) is 49.1 Å². The summed E-state index contributed by atoms with van der Waals surface area (Å²) in [6, 6.07) is 0. The second kappa shape index (κ2) is 4.53. The fourth-order valence-corrected chi connectivity index (χ4v) is 4.09. The highest BCUT2D eigenvalue weighted by atomic mass is 32.1. The first kappa shape index (κ1) is 12.0.